The minimum Gasteiger partial charge on any atom is -0.490 e. The van der Waals surface area contributed by atoms with Gasteiger partial charge < -0.3 is 19.1 Å². The molecule has 0 fully saturated rings. The molecule has 1 heterocycles. The average molecular weight is 480 g/mol. The van der Waals surface area contributed by atoms with Gasteiger partial charge in [0.05, 0.1) is 38.3 Å². The van der Waals surface area contributed by atoms with Crippen LogP contribution in [-0.4, -0.2) is 32.2 Å². The van der Waals surface area contributed by atoms with Crippen molar-refractivity contribution in [1.82, 2.24) is 0 Å². The van der Waals surface area contributed by atoms with Crippen LogP contribution in [0.25, 0.3) is 0 Å². The van der Waals surface area contributed by atoms with Crippen molar-refractivity contribution in [1.29, 1.82) is 0 Å². The number of hydrogen-bond donors (Lipinski definition) is 0. The van der Waals surface area contributed by atoms with Crippen LogP contribution in [0.15, 0.2) is 60.7 Å². The molecule has 0 saturated heterocycles. The van der Waals surface area contributed by atoms with Crippen molar-refractivity contribution in [3.8, 4) is 11.5 Å². The number of anilines is 1. The maximum atomic E-state index is 13.5. The summed E-state index contributed by atoms with van der Waals surface area (Å²) in [5, 5.41) is 0.539. The van der Waals surface area contributed by atoms with E-state index in [4.69, 9.17) is 25.8 Å². The Morgan fingerprint density at radius 3 is 2.29 bits per heavy atom. The fourth-order valence-electron chi connectivity index (χ4n) is 4.26. The Labute approximate surface area is 204 Å². The van der Waals surface area contributed by atoms with E-state index in [1.54, 1.807) is 29.2 Å². The summed E-state index contributed by atoms with van der Waals surface area (Å²) in [5.41, 5.74) is 3.77. The van der Waals surface area contributed by atoms with E-state index in [1.807, 2.05) is 50.2 Å². The van der Waals surface area contributed by atoms with Gasteiger partial charge in [-0.15, -0.1) is 0 Å². The highest BCUT2D eigenvalue weighted by atomic mass is 35.5. The Kier molecular flexibility index (Phi) is 7.08. The van der Waals surface area contributed by atoms with Crippen LogP contribution < -0.4 is 14.4 Å². The van der Waals surface area contributed by atoms with Crippen LogP contribution in [0.4, 0.5) is 5.69 Å². The first-order chi connectivity index (χ1) is 16.5. The molecule has 176 valence electrons. The Morgan fingerprint density at radius 1 is 1.00 bits per heavy atom. The second-order valence-corrected chi connectivity index (χ2v) is 8.24. The summed E-state index contributed by atoms with van der Waals surface area (Å²) in [4.78, 5) is 27.2. The molecule has 3 aromatic rings. The van der Waals surface area contributed by atoms with Gasteiger partial charge in [0.15, 0.2) is 11.5 Å². The SMILES string of the molecule is CCOc1cc2c(cc1OCC)C(c1ccc(C(=O)OC)cc1)N(c1cccc(Cl)c1)C(=O)C2. The summed E-state index contributed by atoms with van der Waals surface area (Å²) in [6.07, 6.45) is 0.213. The number of benzene rings is 3. The number of nitrogens with zero attached hydrogens (tertiary/aromatic N) is 1. The predicted octanol–water partition coefficient (Wildman–Crippen LogP) is 5.60. The number of carbonyl (C=O) groups excluding carboxylic acids is 2. The first kappa shape index (κ1) is 23.6. The Hall–Kier alpha value is -3.51. The fraction of sp³-hybridized carbons (Fsp3) is 0.259. The molecule has 3 aromatic carbocycles. The third-order valence-electron chi connectivity index (χ3n) is 5.70. The van der Waals surface area contributed by atoms with E-state index in [2.05, 4.69) is 0 Å². The molecule has 1 atom stereocenters. The normalized spacial score (nSPS) is 15.0. The van der Waals surface area contributed by atoms with Crippen LogP contribution in [0.5, 0.6) is 11.5 Å². The van der Waals surface area contributed by atoms with Crippen LogP contribution in [0, 0.1) is 0 Å². The molecule has 0 bridgehead atoms. The van der Waals surface area contributed by atoms with Gasteiger partial charge in [0.2, 0.25) is 5.91 Å². The first-order valence-corrected chi connectivity index (χ1v) is 11.5. The number of esters is 1. The number of fused-ring (bicyclic) bond motifs is 1. The molecule has 1 aliphatic rings. The largest absolute Gasteiger partial charge is 0.490 e. The van der Waals surface area contributed by atoms with Gasteiger partial charge in [0.1, 0.15) is 0 Å². The second kappa shape index (κ2) is 10.2. The van der Waals surface area contributed by atoms with Gasteiger partial charge >= 0.3 is 5.97 Å². The van der Waals surface area contributed by atoms with Crippen LogP contribution in [0.3, 0.4) is 0 Å². The molecular weight excluding hydrogens is 454 g/mol. The lowest BCUT2D eigenvalue weighted by molar-refractivity contribution is -0.118. The lowest BCUT2D eigenvalue weighted by Gasteiger charge is -2.38. The van der Waals surface area contributed by atoms with E-state index in [0.717, 1.165) is 16.7 Å². The molecule has 0 spiro atoms. The summed E-state index contributed by atoms with van der Waals surface area (Å²) >= 11 is 6.27. The summed E-state index contributed by atoms with van der Waals surface area (Å²) in [6.45, 7) is 4.79. The van der Waals surface area contributed by atoms with Crippen molar-refractivity contribution in [2.24, 2.45) is 0 Å². The van der Waals surface area contributed by atoms with Gasteiger partial charge in [-0.25, -0.2) is 4.79 Å². The highest BCUT2D eigenvalue weighted by molar-refractivity contribution is 6.31. The number of halogens is 1. The zero-order valence-electron chi connectivity index (χ0n) is 19.3. The molecule has 0 radical (unpaired) electrons. The first-order valence-electron chi connectivity index (χ1n) is 11.1. The molecule has 0 aliphatic carbocycles. The highest BCUT2D eigenvalue weighted by Gasteiger charge is 2.36. The molecule has 4 rings (SSSR count). The standard InChI is InChI=1S/C27H26ClNO5/c1-4-33-23-13-19-14-25(30)29(21-8-6-7-20(28)15-21)26(22(19)16-24(23)34-5-2)17-9-11-18(12-10-17)27(31)32-3/h6-13,15-16,26H,4-5,14H2,1-3H3. The van der Waals surface area contributed by atoms with Gasteiger partial charge in [0, 0.05) is 10.7 Å². The Balaban J connectivity index is 1.90. The summed E-state index contributed by atoms with van der Waals surface area (Å²) in [5.74, 6) is 0.758. The third kappa shape index (κ3) is 4.59. The molecule has 0 N–H and O–H groups in total. The quantitative estimate of drug-likeness (QED) is 0.412. The van der Waals surface area contributed by atoms with Crippen LogP contribution in [0.2, 0.25) is 5.02 Å². The van der Waals surface area contributed by atoms with Gasteiger partial charge in [-0.2, -0.15) is 0 Å². The Morgan fingerprint density at radius 2 is 1.68 bits per heavy atom. The number of amides is 1. The number of ether oxygens (including phenoxy) is 3. The number of carbonyl (C=O) groups is 2. The highest BCUT2D eigenvalue weighted by Crippen LogP contribution is 2.43. The van der Waals surface area contributed by atoms with Gasteiger partial charge in [0.25, 0.3) is 0 Å². The smallest absolute Gasteiger partial charge is 0.337 e. The van der Waals surface area contributed by atoms with Crippen LogP contribution >= 0.6 is 11.6 Å². The fourth-order valence-corrected chi connectivity index (χ4v) is 4.44. The molecule has 1 amide bonds. The summed E-state index contributed by atoms with van der Waals surface area (Å²) in [7, 11) is 1.35. The van der Waals surface area contributed by atoms with Crippen molar-refractivity contribution >= 4 is 29.2 Å². The van der Waals surface area contributed by atoms with Crippen LogP contribution in [0.1, 0.15) is 46.9 Å². The van der Waals surface area contributed by atoms with E-state index in [-0.39, 0.29) is 12.3 Å². The van der Waals surface area contributed by atoms with Gasteiger partial charge in [-0.1, -0.05) is 29.8 Å². The van der Waals surface area contributed by atoms with Crippen molar-refractivity contribution in [2.45, 2.75) is 26.3 Å². The van der Waals surface area contributed by atoms with E-state index >= 15 is 0 Å². The molecule has 34 heavy (non-hydrogen) atoms. The zero-order chi connectivity index (χ0) is 24.2. The molecule has 6 nitrogen and oxygen atoms in total. The predicted molar refractivity (Wildman–Crippen MR) is 131 cm³/mol. The van der Waals surface area contributed by atoms with Gasteiger partial charge in [-0.05, 0) is 73.0 Å². The van der Waals surface area contributed by atoms with Crippen molar-refractivity contribution in [3.05, 3.63) is 87.9 Å². The minimum atomic E-state index is -0.448. The second-order valence-electron chi connectivity index (χ2n) is 7.80. The third-order valence-corrected chi connectivity index (χ3v) is 5.94. The average Bonchev–Trinajstić information content (AvgIpc) is 2.84. The number of rotatable bonds is 7. The van der Waals surface area contributed by atoms with E-state index in [1.165, 1.54) is 7.11 Å². The Bertz CT molecular complexity index is 1210. The van der Waals surface area contributed by atoms with Crippen molar-refractivity contribution in [3.63, 3.8) is 0 Å². The molecular formula is C27H26ClNO5. The maximum Gasteiger partial charge on any atom is 0.337 e. The molecule has 1 unspecified atom stereocenters. The lowest BCUT2D eigenvalue weighted by Crippen LogP contribution is -2.41. The molecule has 0 aromatic heterocycles. The zero-order valence-corrected chi connectivity index (χ0v) is 20.1. The van der Waals surface area contributed by atoms with E-state index < -0.39 is 12.0 Å². The lowest BCUT2D eigenvalue weighted by atomic mass is 9.86. The monoisotopic (exact) mass is 479 g/mol. The minimum absolute atomic E-state index is 0.0663. The van der Waals surface area contributed by atoms with E-state index in [9.17, 15) is 9.59 Å². The molecule has 7 heteroatoms. The number of methoxy groups -OCH3 is 1. The van der Waals surface area contributed by atoms with Crippen LogP contribution in [-0.2, 0) is 16.0 Å². The van der Waals surface area contributed by atoms with Crippen molar-refractivity contribution < 1.29 is 23.8 Å². The van der Waals surface area contributed by atoms with E-state index in [0.29, 0.717) is 41.0 Å². The topological polar surface area (TPSA) is 65.1 Å². The molecule has 1 aliphatic heterocycles. The number of hydrogen-bond acceptors (Lipinski definition) is 5. The molecule has 0 saturated carbocycles. The summed E-state index contributed by atoms with van der Waals surface area (Å²) < 4.78 is 16.5. The van der Waals surface area contributed by atoms with Gasteiger partial charge in [-0.3, -0.25) is 4.79 Å². The maximum absolute atomic E-state index is 13.5. The summed E-state index contributed by atoms with van der Waals surface area (Å²) in [6, 6.07) is 17.7. The van der Waals surface area contributed by atoms with Crippen molar-refractivity contribution in [2.75, 3.05) is 25.2 Å².